The standard InChI is InChI=1S/C28H25F3N2O3/c1-27(2)16-19-9-12-22(36-3)14-23(19)24(33-27)15-25(34)17-7-10-21(11-8-17)32-26(35)18-5-4-6-20(13-18)28(29,30)31/h4-15,33H,16H2,1-3H3,(H,32,35)/b24-15-. The Morgan fingerprint density at radius 3 is 2.39 bits per heavy atom. The van der Waals surface area contributed by atoms with Gasteiger partial charge in [0.1, 0.15) is 5.75 Å². The molecule has 0 bridgehead atoms. The number of benzene rings is 3. The van der Waals surface area contributed by atoms with Gasteiger partial charge in [0.05, 0.1) is 12.7 Å². The number of amides is 1. The van der Waals surface area contributed by atoms with Crippen molar-refractivity contribution in [3.05, 3.63) is 101 Å². The summed E-state index contributed by atoms with van der Waals surface area (Å²) in [6.07, 6.45) is -2.21. The van der Waals surface area contributed by atoms with E-state index in [1.807, 2.05) is 18.2 Å². The molecule has 0 aromatic heterocycles. The highest BCUT2D eigenvalue weighted by Gasteiger charge is 2.31. The zero-order valence-corrected chi connectivity index (χ0v) is 20.0. The molecule has 1 aliphatic rings. The van der Waals surface area contributed by atoms with Crippen LogP contribution in [0.2, 0.25) is 0 Å². The fraction of sp³-hybridized carbons (Fsp3) is 0.214. The molecular formula is C28H25F3N2O3. The third kappa shape index (κ3) is 5.59. The third-order valence-electron chi connectivity index (χ3n) is 5.87. The molecule has 3 aromatic carbocycles. The number of allylic oxidation sites excluding steroid dienone is 1. The number of carbonyl (C=O) groups is 2. The average molecular weight is 495 g/mol. The summed E-state index contributed by atoms with van der Waals surface area (Å²) >= 11 is 0. The van der Waals surface area contributed by atoms with Gasteiger partial charge in [0.25, 0.3) is 5.91 Å². The number of hydrogen-bond acceptors (Lipinski definition) is 4. The third-order valence-corrected chi connectivity index (χ3v) is 5.87. The van der Waals surface area contributed by atoms with Crippen molar-refractivity contribution in [3.8, 4) is 5.75 Å². The molecule has 0 atom stereocenters. The molecule has 0 radical (unpaired) electrons. The topological polar surface area (TPSA) is 67.4 Å². The zero-order valence-electron chi connectivity index (χ0n) is 20.0. The molecule has 2 N–H and O–H groups in total. The maximum absolute atomic E-state index is 13.0. The predicted octanol–water partition coefficient (Wildman–Crippen LogP) is 6.11. The van der Waals surface area contributed by atoms with Gasteiger partial charge in [-0.2, -0.15) is 13.2 Å². The smallest absolute Gasteiger partial charge is 0.416 e. The van der Waals surface area contributed by atoms with Gasteiger partial charge in [0, 0.05) is 39.7 Å². The summed E-state index contributed by atoms with van der Waals surface area (Å²) in [7, 11) is 1.59. The molecule has 0 fully saturated rings. The highest BCUT2D eigenvalue weighted by Crippen LogP contribution is 2.33. The Kier molecular flexibility index (Phi) is 6.63. The molecule has 1 amide bonds. The number of nitrogens with one attached hydrogen (secondary N) is 2. The van der Waals surface area contributed by atoms with Crippen LogP contribution in [0.1, 0.15) is 51.3 Å². The van der Waals surface area contributed by atoms with Crippen molar-refractivity contribution >= 4 is 23.1 Å². The molecule has 1 aliphatic heterocycles. The Bertz CT molecular complexity index is 1340. The first-order chi connectivity index (χ1) is 16.9. The van der Waals surface area contributed by atoms with E-state index in [1.165, 1.54) is 30.3 Å². The number of fused-ring (bicyclic) bond motifs is 1. The summed E-state index contributed by atoms with van der Waals surface area (Å²) in [5, 5.41) is 5.98. The number of hydrogen-bond donors (Lipinski definition) is 2. The van der Waals surface area contributed by atoms with Crippen molar-refractivity contribution < 1.29 is 27.5 Å². The van der Waals surface area contributed by atoms with Crippen LogP contribution in [0.3, 0.4) is 0 Å². The fourth-order valence-corrected chi connectivity index (χ4v) is 4.13. The molecule has 186 valence electrons. The van der Waals surface area contributed by atoms with E-state index >= 15 is 0 Å². The Morgan fingerprint density at radius 2 is 1.72 bits per heavy atom. The van der Waals surface area contributed by atoms with E-state index < -0.39 is 17.6 Å². The van der Waals surface area contributed by atoms with Crippen LogP contribution in [0, 0.1) is 0 Å². The minimum Gasteiger partial charge on any atom is -0.497 e. The van der Waals surface area contributed by atoms with Crippen LogP contribution in [0.25, 0.3) is 5.70 Å². The quantitative estimate of drug-likeness (QED) is 0.332. The summed E-state index contributed by atoms with van der Waals surface area (Å²) < 4.78 is 44.1. The molecule has 0 aliphatic carbocycles. The predicted molar refractivity (Wildman–Crippen MR) is 132 cm³/mol. The number of anilines is 1. The lowest BCUT2D eigenvalue weighted by molar-refractivity contribution is -0.137. The van der Waals surface area contributed by atoms with Crippen molar-refractivity contribution in [2.75, 3.05) is 12.4 Å². The molecule has 36 heavy (non-hydrogen) atoms. The summed E-state index contributed by atoms with van der Waals surface area (Å²) in [6, 6.07) is 16.2. The number of alkyl halides is 3. The number of carbonyl (C=O) groups excluding carboxylic acids is 2. The molecule has 0 unspecified atom stereocenters. The van der Waals surface area contributed by atoms with Gasteiger partial charge in [0.2, 0.25) is 0 Å². The first kappa shape index (κ1) is 25.0. The van der Waals surface area contributed by atoms with Gasteiger partial charge in [-0.25, -0.2) is 0 Å². The first-order valence-corrected chi connectivity index (χ1v) is 11.3. The van der Waals surface area contributed by atoms with Crippen LogP contribution in [0.4, 0.5) is 18.9 Å². The van der Waals surface area contributed by atoms with Crippen LogP contribution in [0.5, 0.6) is 5.75 Å². The number of rotatable bonds is 5. The lowest BCUT2D eigenvalue weighted by Gasteiger charge is -2.35. The Hall–Kier alpha value is -4.07. The highest BCUT2D eigenvalue weighted by atomic mass is 19.4. The minimum absolute atomic E-state index is 0.116. The first-order valence-electron chi connectivity index (χ1n) is 11.3. The summed E-state index contributed by atoms with van der Waals surface area (Å²) in [5.74, 6) is -0.226. The highest BCUT2D eigenvalue weighted by molar-refractivity contribution is 6.09. The van der Waals surface area contributed by atoms with Gasteiger partial charge in [-0.1, -0.05) is 12.1 Å². The van der Waals surface area contributed by atoms with Gasteiger partial charge < -0.3 is 15.4 Å². The van der Waals surface area contributed by atoms with Crippen molar-refractivity contribution in [3.63, 3.8) is 0 Å². The summed E-state index contributed by atoms with van der Waals surface area (Å²) in [5.41, 5.74) is 2.18. The van der Waals surface area contributed by atoms with E-state index in [4.69, 9.17) is 4.74 Å². The number of ketones is 1. The van der Waals surface area contributed by atoms with E-state index in [0.717, 1.165) is 29.7 Å². The van der Waals surface area contributed by atoms with Crippen LogP contribution in [-0.2, 0) is 12.6 Å². The molecule has 1 heterocycles. The minimum atomic E-state index is -4.54. The van der Waals surface area contributed by atoms with Crippen LogP contribution >= 0.6 is 0 Å². The average Bonchev–Trinajstić information content (AvgIpc) is 2.83. The Balaban J connectivity index is 1.52. The largest absolute Gasteiger partial charge is 0.497 e. The van der Waals surface area contributed by atoms with Gasteiger partial charge in [-0.15, -0.1) is 0 Å². The lowest BCUT2D eigenvalue weighted by atomic mass is 9.85. The maximum Gasteiger partial charge on any atom is 0.416 e. The van der Waals surface area contributed by atoms with Crippen molar-refractivity contribution in [2.45, 2.75) is 32.0 Å². The maximum atomic E-state index is 13.0. The van der Waals surface area contributed by atoms with E-state index in [9.17, 15) is 22.8 Å². The van der Waals surface area contributed by atoms with Gasteiger partial charge in [-0.05, 0) is 80.4 Å². The number of ether oxygens (including phenoxy) is 1. The summed E-state index contributed by atoms with van der Waals surface area (Å²) in [4.78, 5) is 25.5. The Morgan fingerprint density at radius 1 is 1.00 bits per heavy atom. The van der Waals surface area contributed by atoms with Crippen LogP contribution < -0.4 is 15.4 Å². The second-order valence-corrected chi connectivity index (χ2v) is 9.24. The number of halogens is 3. The second kappa shape index (κ2) is 9.53. The molecule has 0 saturated carbocycles. The SMILES string of the molecule is COc1ccc2c(c1)/C(=C/C(=O)c1ccc(NC(=O)c3cccc(C(F)(F)F)c3)cc1)NC(C)(C)C2. The molecule has 3 aromatic rings. The van der Waals surface area contributed by atoms with Crippen molar-refractivity contribution in [2.24, 2.45) is 0 Å². The van der Waals surface area contributed by atoms with Crippen LogP contribution in [0.15, 0.2) is 72.8 Å². The number of methoxy groups -OCH3 is 1. The van der Waals surface area contributed by atoms with Crippen LogP contribution in [-0.4, -0.2) is 24.3 Å². The molecular weight excluding hydrogens is 469 g/mol. The van der Waals surface area contributed by atoms with Gasteiger partial charge >= 0.3 is 6.18 Å². The molecule has 4 rings (SSSR count). The van der Waals surface area contributed by atoms with Gasteiger partial charge in [0.15, 0.2) is 5.78 Å². The monoisotopic (exact) mass is 494 g/mol. The molecule has 0 saturated heterocycles. The van der Waals surface area contributed by atoms with Crippen molar-refractivity contribution in [1.82, 2.24) is 5.32 Å². The summed E-state index contributed by atoms with van der Waals surface area (Å²) in [6.45, 7) is 4.11. The van der Waals surface area contributed by atoms with E-state index in [-0.39, 0.29) is 16.9 Å². The Labute approximate surface area is 207 Å². The van der Waals surface area contributed by atoms with E-state index in [1.54, 1.807) is 19.2 Å². The molecule has 0 spiro atoms. The van der Waals surface area contributed by atoms with E-state index in [0.29, 0.717) is 22.7 Å². The lowest BCUT2D eigenvalue weighted by Crippen LogP contribution is -2.43. The van der Waals surface area contributed by atoms with Gasteiger partial charge in [-0.3, -0.25) is 9.59 Å². The molecule has 8 heteroatoms. The van der Waals surface area contributed by atoms with E-state index in [2.05, 4.69) is 24.5 Å². The van der Waals surface area contributed by atoms with Crippen molar-refractivity contribution in [1.29, 1.82) is 0 Å². The second-order valence-electron chi connectivity index (χ2n) is 9.24. The fourth-order valence-electron chi connectivity index (χ4n) is 4.13. The normalized spacial score (nSPS) is 15.6. The zero-order chi connectivity index (χ0) is 26.1. The molecule has 5 nitrogen and oxygen atoms in total.